The van der Waals surface area contributed by atoms with Gasteiger partial charge >= 0.3 is 0 Å². The Labute approximate surface area is 106 Å². The molecule has 106 valence electrons. The van der Waals surface area contributed by atoms with Crippen LogP contribution in [0, 0.1) is 0 Å². The van der Waals surface area contributed by atoms with E-state index in [9.17, 15) is 14.7 Å². The Morgan fingerprint density at radius 3 is 2.28 bits per heavy atom. The molecular formula is C11H22N2O5. The fraction of sp³-hybridized carbons (Fsp3) is 0.818. The number of carbonyl (C=O) groups excluding carboxylic acids is 2. The highest BCUT2D eigenvalue weighted by Crippen LogP contribution is 2.01. The first-order valence-electron chi connectivity index (χ1n) is 5.97. The lowest BCUT2D eigenvalue weighted by Crippen LogP contribution is -2.32. The molecule has 0 bridgehead atoms. The molecule has 6 N–H and O–H groups in total. The summed E-state index contributed by atoms with van der Waals surface area (Å²) in [5.74, 6) is -0.696. The highest BCUT2D eigenvalue weighted by molar-refractivity contribution is 5.77. The summed E-state index contributed by atoms with van der Waals surface area (Å²) in [6.45, 7) is -0.250. The third kappa shape index (κ3) is 10.0. The summed E-state index contributed by atoms with van der Waals surface area (Å²) >= 11 is 0. The molecule has 0 fully saturated rings. The molecule has 0 aliphatic heterocycles. The van der Waals surface area contributed by atoms with Crippen molar-refractivity contribution in [2.45, 2.75) is 44.3 Å². The molecule has 0 aromatic heterocycles. The molecule has 0 saturated heterocycles. The largest absolute Gasteiger partial charge is 0.394 e. The minimum absolute atomic E-state index is 0.0908. The molecule has 2 amide bonds. The SMILES string of the molecule is NC(=O)CCCC(=O)NC[C@H](O)CC[C@H](O)CO. The Morgan fingerprint density at radius 2 is 1.72 bits per heavy atom. The summed E-state index contributed by atoms with van der Waals surface area (Å²) in [5.41, 5.74) is 4.93. The van der Waals surface area contributed by atoms with Crippen molar-refractivity contribution >= 4 is 11.8 Å². The first kappa shape index (κ1) is 16.8. The number of hydrogen-bond acceptors (Lipinski definition) is 5. The average molecular weight is 262 g/mol. The second kappa shape index (κ2) is 9.81. The van der Waals surface area contributed by atoms with Crippen LogP contribution in [0.2, 0.25) is 0 Å². The number of amides is 2. The molecule has 0 unspecified atom stereocenters. The van der Waals surface area contributed by atoms with E-state index in [4.69, 9.17) is 15.9 Å². The van der Waals surface area contributed by atoms with Crippen LogP contribution in [0.1, 0.15) is 32.1 Å². The number of nitrogens with two attached hydrogens (primary N) is 1. The molecule has 0 radical (unpaired) electrons. The van der Waals surface area contributed by atoms with E-state index in [2.05, 4.69) is 5.32 Å². The van der Waals surface area contributed by atoms with Gasteiger partial charge in [0, 0.05) is 19.4 Å². The zero-order valence-electron chi connectivity index (χ0n) is 10.3. The lowest BCUT2D eigenvalue weighted by atomic mass is 10.1. The topological polar surface area (TPSA) is 133 Å². The number of rotatable bonds is 10. The maximum atomic E-state index is 11.3. The van der Waals surface area contributed by atoms with E-state index < -0.39 is 18.1 Å². The van der Waals surface area contributed by atoms with Gasteiger partial charge in [0.15, 0.2) is 0 Å². The minimum atomic E-state index is -0.842. The van der Waals surface area contributed by atoms with Gasteiger partial charge in [0.05, 0.1) is 18.8 Å². The molecule has 0 aliphatic carbocycles. The highest BCUT2D eigenvalue weighted by atomic mass is 16.3. The van der Waals surface area contributed by atoms with Crippen molar-refractivity contribution < 1.29 is 24.9 Å². The lowest BCUT2D eigenvalue weighted by Gasteiger charge is -2.13. The van der Waals surface area contributed by atoms with Crippen molar-refractivity contribution in [1.29, 1.82) is 0 Å². The van der Waals surface area contributed by atoms with Crippen LogP contribution in [0.25, 0.3) is 0 Å². The summed E-state index contributed by atoms with van der Waals surface area (Å²) < 4.78 is 0. The fourth-order valence-electron chi connectivity index (χ4n) is 1.32. The molecule has 7 heteroatoms. The Balaban J connectivity index is 3.55. The van der Waals surface area contributed by atoms with Crippen LogP contribution in [0.5, 0.6) is 0 Å². The average Bonchev–Trinajstić information content (AvgIpc) is 2.32. The van der Waals surface area contributed by atoms with Crippen molar-refractivity contribution in [1.82, 2.24) is 5.32 Å². The monoisotopic (exact) mass is 262 g/mol. The van der Waals surface area contributed by atoms with Crippen LogP contribution in [-0.2, 0) is 9.59 Å². The van der Waals surface area contributed by atoms with E-state index in [0.717, 1.165) is 0 Å². The first-order chi connectivity index (χ1) is 8.45. The van der Waals surface area contributed by atoms with Gasteiger partial charge in [0.1, 0.15) is 0 Å². The predicted molar refractivity (Wildman–Crippen MR) is 64.4 cm³/mol. The van der Waals surface area contributed by atoms with Gasteiger partial charge in [-0.1, -0.05) is 0 Å². The van der Waals surface area contributed by atoms with Gasteiger partial charge < -0.3 is 26.4 Å². The van der Waals surface area contributed by atoms with Crippen molar-refractivity contribution in [2.24, 2.45) is 5.73 Å². The number of primary amides is 1. The summed E-state index contributed by atoms with van der Waals surface area (Å²) in [6, 6.07) is 0. The number of aliphatic hydroxyl groups excluding tert-OH is 3. The zero-order valence-corrected chi connectivity index (χ0v) is 10.3. The summed E-state index contributed by atoms with van der Waals surface area (Å²) in [5, 5.41) is 29.6. The molecule has 0 saturated carbocycles. The minimum Gasteiger partial charge on any atom is -0.394 e. The molecule has 0 aliphatic rings. The van der Waals surface area contributed by atoms with Crippen LogP contribution in [0.15, 0.2) is 0 Å². The first-order valence-corrected chi connectivity index (χ1v) is 5.97. The Kier molecular flexibility index (Phi) is 9.17. The standard InChI is InChI=1S/C11H22N2O5/c12-10(17)2-1-3-11(18)13-6-8(15)4-5-9(16)7-14/h8-9,14-16H,1-7H2,(H2,12,17)(H,13,18)/t8-,9+/m1/s1. The maximum absolute atomic E-state index is 11.3. The van der Waals surface area contributed by atoms with Crippen molar-refractivity contribution in [3.05, 3.63) is 0 Å². The molecular weight excluding hydrogens is 240 g/mol. The van der Waals surface area contributed by atoms with Crippen LogP contribution < -0.4 is 11.1 Å². The third-order valence-corrected chi connectivity index (χ3v) is 2.41. The van der Waals surface area contributed by atoms with Crippen molar-refractivity contribution in [3.8, 4) is 0 Å². The van der Waals surface area contributed by atoms with Gasteiger partial charge in [-0.25, -0.2) is 0 Å². The number of carbonyl (C=O) groups is 2. The van der Waals surface area contributed by atoms with Gasteiger partial charge in [-0.15, -0.1) is 0 Å². The van der Waals surface area contributed by atoms with E-state index in [-0.39, 0.29) is 38.3 Å². The van der Waals surface area contributed by atoms with Crippen molar-refractivity contribution in [3.63, 3.8) is 0 Å². The number of nitrogens with one attached hydrogen (secondary N) is 1. The molecule has 0 aromatic rings. The lowest BCUT2D eigenvalue weighted by molar-refractivity contribution is -0.122. The van der Waals surface area contributed by atoms with Crippen molar-refractivity contribution in [2.75, 3.05) is 13.2 Å². The van der Waals surface area contributed by atoms with Gasteiger partial charge in [0.2, 0.25) is 11.8 Å². The molecule has 0 heterocycles. The summed E-state index contributed by atoms with van der Waals surface area (Å²) in [7, 11) is 0. The highest BCUT2D eigenvalue weighted by Gasteiger charge is 2.10. The molecule has 0 spiro atoms. The van der Waals surface area contributed by atoms with E-state index in [0.29, 0.717) is 12.8 Å². The zero-order chi connectivity index (χ0) is 14.0. The second-order valence-corrected chi connectivity index (χ2v) is 4.19. The Bertz CT molecular complexity index is 260. The maximum Gasteiger partial charge on any atom is 0.220 e. The molecule has 2 atom stereocenters. The Morgan fingerprint density at radius 1 is 1.11 bits per heavy atom. The molecule has 0 aromatic carbocycles. The third-order valence-electron chi connectivity index (χ3n) is 2.41. The molecule has 0 rings (SSSR count). The van der Waals surface area contributed by atoms with Crippen LogP contribution in [0.4, 0.5) is 0 Å². The van der Waals surface area contributed by atoms with Gasteiger partial charge in [-0.2, -0.15) is 0 Å². The van der Waals surface area contributed by atoms with E-state index in [1.165, 1.54) is 0 Å². The number of hydrogen-bond donors (Lipinski definition) is 5. The molecule has 18 heavy (non-hydrogen) atoms. The van der Waals surface area contributed by atoms with Crippen LogP contribution >= 0.6 is 0 Å². The Hall–Kier alpha value is -1.18. The van der Waals surface area contributed by atoms with E-state index in [1.54, 1.807) is 0 Å². The van der Waals surface area contributed by atoms with E-state index in [1.807, 2.05) is 0 Å². The van der Waals surface area contributed by atoms with Gasteiger partial charge in [-0.05, 0) is 19.3 Å². The summed E-state index contributed by atoms with van der Waals surface area (Å²) in [6.07, 6.45) is -0.288. The van der Waals surface area contributed by atoms with E-state index >= 15 is 0 Å². The predicted octanol–water partition coefficient (Wildman–Crippen LogP) is -1.75. The number of aliphatic hydroxyl groups is 3. The van der Waals surface area contributed by atoms with Gasteiger partial charge in [-0.3, -0.25) is 9.59 Å². The normalized spacial score (nSPS) is 13.9. The van der Waals surface area contributed by atoms with Gasteiger partial charge in [0.25, 0.3) is 0 Å². The quantitative estimate of drug-likeness (QED) is 0.318. The molecule has 7 nitrogen and oxygen atoms in total. The second-order valence-electron chi connectivity index (χ2n) is 4.19. The van der Waals surface area contributed by atoms with Crippen LogP contribution in [-0.4, -0.2) is 52.5 Å². The smallest absolute Gasteiger partial charge is 0.220 e. The van der Waals surface area contributed by atoms with Crippen LogP contribution in [0.3, 0.4) is 0 Å². The fourth-order valence-corrected chi connectivity index (χ4v) is 1.32. The summed E-state index contributed by atoms with van der Waals surface area (Å²) in [4.78, 5) is 21.7.